The number of rotatable bonds is 3. The summed E-state index contributed by atoms with van der Waals surface area (Å²) in [4.78, 5) is 16.8. The summed E-state index contributed by atoms with van der Waals surface area (Å²) >= 11 is 0. The van der Waals surface area contributed by atoms with E-state index in [9.17, 15) is 13.2 Å². The summed E-state index contributed by atoms with van der Waals surface area (Å²) in [5.41, 5.74) is 2.26. The van der Waals surface area contributed by atoms with E-state index in [1.807, 2.05) is 28.0 Å². The molecule has 2 aliphatic rings. The number of carbonyl (C=O) groups excluding carboxylic acids is 1. The van der Waals surface area contributed by atoms with E-state index < -0.39 is 9.84 Å². The van der Waals surface area contributed by atoms with Gasteiger partial charge >= 0.3 is 0 Å². The minimum absolute atomic E-state index is 0.0864. The molecule has 1 fully saturated rings. The number of anilines is 1. The Bertz CT molecular complexity index is 673. The first-order valence-electron chi connectivity index (χ1n) is 8.33. The lowest BCUT2D eigenvalue weighted by Crippen LogP contribution is -2.50. The first kappa shape index (κ1) is 16.5. The van der Waals surface area contributed by atoms with Gasteiger partial charge in [-0.25, -0.2) is 8.42 Å². The Morgan fingerprint density at radius 1 is 1.22 bits per heavy atom. The van der Waals surface area contributed by atoms with Crippen LogP contribution in [0.1, 0.15) is 25.3 Å². The van der Waals surface area contributed by atoms with E-state index in [0.717, 1.165) is 24.9 Å². The SMILES string of the molecule is CC[C@H]1CCc2ccccc2N1C(=O)CN1CCS(=O)(=O)CC1. The maximum absolute atomic E-state index is 12.9. The van der Waals surface area contributed by atoms with Gasteiger partial charge in [-0.3, -0.25) is 9.69 Å². The van der Waals surface area contributed by atoms with Crippen molar-refractivity contribution in [3.05, 3.63) is 29.8 Å². The number of amides is 1. The second kappa shape index (κ2) is 6.61. The van der Waals surface area contributed by atoms with Gasteiger partial charge in [-0.1, -0.05) is 25.1 Å². The van der Waals surface area contributed by atoms with Crippen molar-refractivity contribution in [1.82, 2.24) is 4.90 Å². The molecule has 0 radical (unpaired) electrons. The van der Waals surface area contributed by atoms with E-state index in [1.54, 1.807) is 0 Å². The van der Waals surface area contributed by atoms with Gasteiger partial charge in [0.25, 0.3) is 0 Å². The highest BCUT2D eigenvalue weighted by molar-refractivity contribution is 7.91. The molecule has 0 aromatic heterocycles. The molecule has 5 nitrogen and oxygen atoms in total. The molecule has 0 unspecified atom stereocenters. The zero-order valence-electron chi connectivity index (χ0n) is 13.6. The van der Waals surface area contributed by atoms with Crippen molar-refractivity contribution in [3.8, 4) is 0 Å². The highest BCUT2D eigenvalue weighted by atomic mass is 32.2. The molecule has 1 saturated heterocycles. The molecular formula is C17H24N2O3S. The van der Waals surface area contributed by atoms with Crippen molar-refractivity contribution in [3.63, 3.8) is 0 Å². The number of carbonyl (C=O) groups is 1. The van der Waals surface area contributed by atoms with Gasteiger partial charge in [0, 0.05) is 24.8 Å². The van der Waals surface area contributed by atoms with Crippen LogP contribution in [0.25, 0.3) is 0 Å². The Hall–Kier alpha value is -1.40. The molecule has 0 aliphatic carbocycles. The summed E-state index contributed by atoms with van der Waals surface area (Å²) in [5, 5.41) is 0. The number of benzene rings is 1. The van der Waals surface area contributed by atoms with Gasteiger partial charge in [-0.05, 0) is 30.9 Å². The third-order valence-corrected chi connectivity index (χ3v) is 6.51. The molecular weight excluding hydrogens is 312 g/mol. The van der Waals surface area contributed by atoms with Crippen LogP contribution in [0.3, 0.4) is 0 Å². The lowest BCUT2D eigenvalue weighted by atomic mass is 9.94. The zero-order chi connectivity index (χ0) is 16.4. The minimum atomic E-state index is -2.91. The third kappa shape index (κ3) is 3.58. The van der Waals surface area contributed by atoms with Gasteiger partial charge in [-0.2, -0.15) is 0 Å². The van der Waals surface area contributed by atoms with Gasteiger partial charge in [0.1, 0.15) is 0 Å². The van der Waals surface area contributed by atoms with Gasteiger partial charge < -0.3 is 4.90 Å². The lowest BCUT2D eigenvalue weighted by Gasteiger charge is -2.38. The van der Waals surface area contributed by atoms with Crippen LogP contribution in [-0.4, -0.2) is 56.4 Å². The van der Waals surface area contributed by atoms with E-state index in [1.165, 1.54) is 5.56 Å². The van der Waals surface area contributed by atoms with Crippen LogP contribution in [-0.2, 0) is 21.1 Å². The Kier molecular flexibility index (Phi) is 4.73. The zero-order valence-corrected chi connectivity index (χ0v) is 14.4. The normalized spacial score (nSPS) is 24.2. The van der Waals surface area contributed by atoms with Crippen molar-refractivity contribution >= 4 is 21.4 Å². The second-order valence-corrected chi connectivity index (χ2v) is 8.72. The summed E-state index contributed by atoms with van der Waals surface area (Å²) in [6.45, 7) is 3.34. The second-order valence-electron chi connectivity index (χ2n) is 6.42. The van der Waals surface area contributed by atoms with Crippen LogP contribution in [0.15, 0.2) is 24.3 Å². The molecule has 2 heterocycles. The molecule has 6 heteroatoms. The lowest BCUT2D eigenvalue weighted by molar-refractivity contribution is -0.120. The van der Waals surface area contributed by atoms with E-state index in [-0.39, 0.29) is 23.5 Å². The molecule has 126 valence electrons. The highest BCUT2D eigenvalue weighted by Crippen LogP contribution is 2.32. The van der Waals surface area contributed by atoms with Crippen molar-refractivity contribution in [1.29, 1.82) is 0 Å². The molecule has 0 bridgehead atoms. The number of nitrogens with zero attached hydrogens (tertiary/aromatic N) is 2. The maximum Gasteiger partial charge on any atom is 0.241 e. The molecule has 1 aromatic rings. The smallest absolute Gasteiger partial charge is 0.241 e. The Balaban J connectivity index is 1.75. The number of hydrogen-bond donors (Lipinski definition) is 0. The maximum atomic E-state index is 12.9. The average molecular weight is 336 g/mol. The number of fused-ring (bicyclic) bond motifs is 1. The highest BCUT2D eigenvalue weighted by Gasteiger charge is 2.31. The first-order chi connectivity index (χ1) is 11.0. The van der Waals surface area contributed by atoms with Crippen molar-refractivity contribution < 1.29 is 13.2 Å². The summed E-state index contributed by atoms with van der Waals surface area (Å²) < 4.78 is 23.0. The summed E-state index contributed by atoms with van der Waals surface area (Å²) in [5.74, 6) is 0.408. The molecule has 0 spiro atoms. The van der Waals surface area contributed by atoms with Gasteiger partial charge in [-0.15, -0.1) is 0 Å². The van der Waals surface area contributed by atoms with E-state index >= 15 is 0 Å². The molecule has 23 heavy (non-hydrogen) atoms. The van der Waals surface area contributed by atoms with Crippen LogP contribution in [0.4, 0.5) is 5.69 Å². The number of para-hydroxylation sites is 1. The fourth-order valence-corrected chi connectivity index (χ4v) is 4.78. The predicted molar refractivity (Wildman–Crippen MR) is 91.4 cm³/mol. The largest absolute Gasteiger partial charge is 0.308 e. The first-order valence-corrected chi connectivity index (χ1v) is 10.1. The standard InChI is InChI=1S/C17H24N2O3S/c1-2-15-8-7-14-5-3-4-6-16(14)19(15)17(20)13-18-9-11-23(21,22)12-10-18/h3-6,15H,2,7-13H2,1H3/t15-/m0/s1. The van der Waals surface area contributed by atoms with E-state index in [4.69, 9.17) is 0 Å². The van der Waals surface area contributed by atoms with Crippen molar-refractivity contribution in [2.75, 3.05) is 36.0 Å². The Labute approximate surface area is 138 Å². The third-order valence-electron chi connectivity index (χ3n) is 4.90. The average Bonchev–Trinajstić information content (AvgIpc) is 2.55. The molecule has 1 atom stereocenters. The topological polar surface area (TPSA) is 57.7 Å². The molecule has 1 aromatic carbocycles. The molecule has 3 rings (SSSR count). The summed E-state index contributed by atoms with van der Waals surface area (Å²) in [6.07, 6.45) is 2.95. The van der Waals surface area contributed by atoms with Crippen LogP contribution in [0.2, 0.25) is 0 Å². The number of sulfone groups is 1. The Morgan fingerprint density at radius 3 is 2.61 bits per heavy atom. The fourth-order valence-electron chi connectivity index (χ4n) is 3.51. The minimum Gasteiger partial charge on any atom is -0.308 e. The van der Waals surface area contributed by atoms with E-state index in [2.05, 4.69) is 13.0 Å². The van der Waals surface area contributed by atoms with E-state index in [0.29, 0.717) is 19.6 Å². The molecule has 0 saturated carbocycles. The molecule has 2 aliphatic heterocycles. The fraction of sp³-hybridized carbons (Fsp3) is 0.588. The summed E-state index contributed by atoms with van der Waals surface area (Å²) in [7, 11) is -2.91. The summed E-state index contributed by atoms with van der Waals surface area (Å²) in [6, 6.07) is 8.35. The molecule has 1 amide bonds. The van der Waals surface area contributed by atoms with Crippen LogP contribution < -0.4 is 4.90 Å². The van der Waals surface area contributed by atoms with Crippen LogP contribution in [0, 0.1) is 0 Å². The molecule has 0 N–H and O–H groups in total. The van der Waals surface area contributed by atoms with Crippen molar-refractivity contribution in [2.45, 2.75) is 32.2 Å². The van der Waals surface area contributed by atoms with Gasteiger partial charge in [0.2, 0.25) is 5.91 Å². The quantitative estimate of drug-likeness (QED) is 0.839. The van der Waals surface area contributed by atoms with Gasteiger partial charge in [0.15, 0.2) is 9.84 Å². The predicted octanol–water partition coefficient (Wildman–Crippen LogP) is 1.47. The van der Waals surface area contributed by atoms with Gasteiger partial charge in [0.05, 0.1) is 18.1 Å². The van der Waals surface area contributed by atoms with Crippen molar-refractivity contribution in [2.24, 2.45) is 0 Å². The monoisotopic (exact) mass is 336 g/mol. The Morgan fingerprint density at radius 2 is 1.91 bits per heavy atom. The number of hydrogen-bond acceptors (Lipinski definition) is 4. The van der Waals surface area contributed by atoms with Crippen LogP contribution in [0.5, 0.6) is 0 Å². The van der Waals surface area contributed by atoms with Crippen LogP contribution >= 0.6 is 0 Å². The number of aryl methyl sites for hydroxylation is 1.